The number of hydrogen-bond acceptors (Lipinski definition) is 0. The van der Waals surface area contributed by atoms with Crippen molar-refractivity contribution < 1.29 is 0 Å². The smallest absolute Gasteiger partial charge is 0.0351 e. The van der Waals surface area contributed by atoms with Crippen molar-refractivity contribution in [2.45, 2.75) is 51.4 Å². The summed E-state index contributed by atoms with van der Waals surface area (Å²) >= 11 is 0. The van der Waals surface area contributed by atoms with Crippen LogP contribution in [0.3, 0.4) is 0 Å². The fraction of sp³-hybridized carbons (Fsp3) is 0.667. The van der Waals surface area contributed by atoms with E-state index in [1.165, 1.54) is 38.5 Å². The summed E-state index contributed by atoms with van der Waals surface area (Å²) in [6.07, 6.45) is 14.4. The van der Waals surface area contributed by atoms with E-state index in [9.17, 15) is 0 Å². The van der Waals surface area contributed by atoms with Crippen molar-refractivity contribution >= 4 is 0 Å². The molecular weight excluding hydrogens is 144 g/mol. The summed E-state index contributed by atoms with van der Waals surface area (Å²) in [7, 11) is 0. The van der Waals surface area contributed by atoms with Crippen molar-refractivity contribution in [1.29, 1.82) is 0 Å². The molecule has 0 amide bonds. The zero-order chi connectivity index (χ0) is 9.07. The summed E-state index contributed by atoms with van der Waals surface area (Å²) in [5, 5.41) is 0. The number of unbranched alkanes of at least 4 members (excludes halogenated alkanes) is 6. The third-order valence-electron chi connectivity index (χ3n) is 1.91. The Labute approximate surface area is 78.1 Å². The van der Waals surface area contributed by atoms with Gasteiger partial charge >= 0.3 is 0 Å². The number of rotatable bonds is 8. The molecule has 0 aliphatic carbocycles. The van der Waals surface area contributed by atoms with E-state index < -0.39 is 0 Å². The standard InChI is InChI=1S/C12H22/c1-3-5-7-9-11-12-10-8-6-4-2/h9,11H,1-8,10,12H2/b11-9+. The third kappa shape index (κ3) is 9.74. The van der Waals surface area contributed by atoms with E-state index in [-0.39, 0.29) is 0 Å². The van der Waals surface area contributed by atoms with Crippen molar-refractivity contribution in [2.24, 2.45) is 0 Å². The van der Waals surface area contributed by atoms with Gasteiger partial charge in [-0.25, -0.2) is 0 Å². The minimum atomic E-state index is 1.06. The minimum Gasteiger partial charge on any atom is -0.0885 e. The molecule has 12 heavy (non-hydrogen) atoms. The van der Waals surface area contributed by atoms with Gasteiger partial charge in [-0.05, 0) is 25.7 Å². The lowest BCUT2D eigenvalue weighted by atomic mass is 10.1. The van der Waals surface area contributed by atoms with Crippen molar-refractivity contribution in [3.05, 3.63) is 26.0 Å². The van der Waals surface area contributed by atoms with Crippen LogP contribution in [0.4, 0.5) is 0 Å². The van der Waals surface area contributed by atoms with E-state index in [4.69, 9.17) is 0 Å². The normalized spacial score (nSPS) is 11.2. The van der Waals surface area contributed by atoms with Crippen LogP contribution >= 0.6 is 0 Å². The van der Waals surface area contributed by atoms with Crippen molar-refractivity contribution in [3.8, 4) is 0 Å². The van der Waals surface area contributed by atoms with E-state index in [0.717, 1.165) is 12.8 Å². The molecule has 0 heteroatoms. The lowest BCUT2D eigenvalue weighted by Gasteiger charge is -1.94. The topological polar surface area (TPSA) is 0 Å². The van der Waals surface area contributed by atoms with Crippen LogP contribution in [-0.4, -0.2) is 0 Å². The van der Waals surface area contributed by atoms with Gasteiger partial charge in [0.25, 0.3) is 0 Å². The van der Waals surface area contributed by atoms with Crippen LogP contribution in [0.5, 0.6) is 0 Å². The van der Waals surface area contributed by atoms with Crippen molar-refractivity contribution in [1.82, 2.24) is 0 Å². The van der Waals surface area contributed by atoms with E-state index in [1.54, 1.807) is 0 Å². The highest BCUT2D eigenvalue weighted by Crippen LogP contribution is 2.03. The Morgan fingerprint density at radius 3 is 1.83 bits per heavy atom. The zero-order valence-corrected chi connectivity index (χ0v) is 8.23. The Kier molecular flexibility index (Phi) is 10.5. The molecule has 0 N–H and O–H groups in total. The molecule has 0 atom stereocenters. The van der Waals surface area contributed by atoms with Crippen LogP contribution in [0.25, 0.3) is 0 Å². The largest absolute Gasteiger partial charge is 0.0885 e. The maximum Gasteiger partial charge on any atom is -0.0351 e. The lowest BCUT2D eigenvalue weighted by Crippen LogP contribution is -1.74. The SMILES string of the molecule is [CH2]CCC/C=C/CCCCC[CH2]. The maximum atomic E-state index is 3.82. The van der Waals surface area contributed by atoms with Gasteiger partial charge in [0.1, 0.15) is 0 Å². The molecule has 0 aromatic carbocycles. The molecule has 0 aromatic rings. The van der Waals surface area contributed by atoms with E-state index in [0.29, 0.717) is 0 Å². The Bertz CT molecular complexity index is 92.2. The Morgan fingerprint density at radius 2 is 1.25 bits per heavy atom. The summed E-state index contributed by atoms with van der Waals surface area (Å²) < 4.78 is 0. The van der Waals surface area contributed by atoms with E-state index >= 15 is 0 Å². The maximum absolute atomic E-state index is 3.82. The highest BCUT2D eigenvalue weighted by molar-refractivity contribution is 4.81. The van der Waals surface area contributed by atoms with Crippen molar-refractivity contribution in [2.75, 3.05) is 0 Å². The van der Waals surface area contributed by atoms with Crippen LogP contribution in [0.2, 0.25) is 0 Å². The van der Waals surface area contributed by atoms with Crippen LogP contribution in [0, 0.1) is 13.8 Å². The average Bonchev–Trinajstić information content (AvgIpc) is 2.10. The van der Waals surface area contributed by atoms with Gasteiger partial charge < -0.3 is 0 Å². The molecule has 0 saturated carbocycles. The molecule has 0 aromatic heterocycles. The molecule has 0 rings (SSSR count). The third-order valence-corrected chi connectivity index (χ3v) is 1.91. The molecule has 0 unspecified atom stereocenters. The Morgan fingerprint density at radius 1 is 0.667 bits per heavy atom. The molecule has 0 fully saturated rings. The highest BCUT2D eigenvalue weighted by Gasteiger charge is 1.84. The molecule has 0 bridgehead atoms. The van der Waals surface area contributed by atoms with Gasteiger partial charge in [0.05, 0.1) is 0 Å². The summed E-state index contributed by atoms with van der Waals surface area (Å²) in [5.74, 6) is 0. The molecular formula is C12H22. The van der Waals surface area contributed by atoms with Gasteiger partial charge in [-0.3, -0.25) is 0 Å². The van der Waals surface area contributed by atoms with Gasteiger partial charge in [0.15, 0.2) is 0 Å². The first-order chi connectivity index (χ1) is 5.91. The first-order valence-electron chi connectivity index (χ1n) is 5.15. The first-order valence-corrected chi connectivity index (χ1v) is 5.15. The fourth-order valence-corrected chi connectivity index (χ4v) is 1.11. The molecule has 0 spiro atoms. The molecule has 0 saturated heterocycles. The predicted molar refractivity (Wildman–Crippen MR) is 56.8 cm³/mol. The van der Waals surface area contributed by atoms with Crippen LogP contribution in [0.1, 0.15) is 51.4 Å². The Balaban J connectivity index is 2.92. The highest BCUT2D eigenvalue weighted by atomic mass is 13.9. The molecule has 0 aliphatic heterocycles. The van der Waals surface area contributed by atoms with Gasteiger partial charge in [-0.2, -0.15) is 0 Å². The van der Waals surface area contributed by atoms with Gasteiger partial charge in [-0.1, -0.05) is 51.7 Å². The quantitative estimate of drug-likeness (QED) is 0.372. The molecule has 0 nitrogen and oxygen atoms in total. The second kappa shape index (κ2) is 10.7. The number of allylic oxidation sites excluding steroid dienone is 2. The average molecular weight is 166 g/mol. The summed E-state index contributed by atoms with van der Waals surface area (Å²) in [4.78, 5) is 0. The second-order valence-corrected chi connectivity index (χ2v) is 3.17. The zero-order valence-electron chi connectivity index (χ0n) is 8.23. The summed E-state index contributed by atoms with van der Waals surface area (Å²) in [5.41, 5.74) is 0. The fourth-order valence-electron chi connectivity index (χ4n) is 1.11. The van der Waals surface area contributed by atoms with Gasteiger partial charge in [-0.15, -0.1) is 0 Å². The summed E-state index contributed by atoms with van der Waals surface area (Å²) in [6, 6.07) is 0. The van der Waals surface area contributed by atoms with Crippen LogP contribution < -0.4 is 0 Å². The van der Waals surface area contributed by atoms with Crippen molar-refractivity contribution in [3.63, 3.8) is 0 Å². The summed E-state index contributed by atoms with van der Waals surface area (Å²) in [6.45, 7) is 7.62. The first kappa shape index (κ1) is 11.7. The molecule has 70 valence electrons. The van der Waals surface area contributed by atoms with Gasteiger partial charge in [0, 0.05) is 0 Å². The second-order valence-electron chi connectivity index (χ2n) is 3.17. The predicted octanol–water partition coefficient (Wildman–Crippen LogP) is 4.33. The number of hydrogen-bond donors (Lipinski definition) is 0. The minimum absolute atomic E-state index is 1.06. The molecule has 0 heterocycles. The van der Waals surface area contributed by atoms with E-state index in [1.807, 2.05) is 0 Å². The molecule has 0 aliphatic rings. The van der Waals surface area contributed by atoms with Crippen LogP contribution in [-0.2, 0) is 0 Å². The Hall–Kier alpha value is -0.260. The van der Waals surface area contributed by atoms with E-state index in [2.05, 4.69) is 26.0 Å². The van der Waals surface area contributed by atoms with Crippen LogP contribution in [0.15, 0.2) is 12.2 Å². The van der Waals surface area contributed by atoms with Gasteiger partial charge in [0.2, 0.25) is 0 Å². The monoisotopic (exact) mass is 166 g/mol. The molecule has 2 radical (unpaired) electrons. The lowest BCUT2D eigenvalue weighted by molar-refractivity contribution is 0.693.